The second-order valence-electron chi connectivity index (χ2n) is 5.88. The fraction of sp³-hybridized carbons (Fsp3) is 0.235. The van der Waals surface area contributed by atoms with E-state index in [4.69, 9.17) is 5.41 Å². The number of nitrogens with one attached hydrogen (secondary N) is 1. The second-order valence-corrected chi connectivity index (χ2v) is 7.59. The monoisotopic (exact) mass is 493 g/mol. The number of hydrogen-bond donors (Lipinski definition) is 1. The molecule has 1 fully saturated rings. The van der Waals surface area contributed by atoms with Gasteiger partial charge in [-0.1, -0.05) is 31.9 Å². The average molecular weight is 495 g/mol. The quantitative estimate of drug-likeness (QED) is 0.478. The Bertz CT molecular complexity index is 806. The van der Waals surface area contributed by atoms with E-state index in [0.29, 0.717) is 33.2 Å². The van der Waals surface area contributed by atoms with Gasteiger partial charge in [0, 0.05) is 35.1 Å². The fourth-order valence-corrected chi connectivity index (χ4v) is 3.62. The maximum absolute atomic E-state index is 13.5. The minimum absolute atomic E-state index is 0.179. The molecular weight excluding hydrogens is 482 g/mol. The van der Waals surface area contributed by atoms with Crippen molar-refractivity contribution < 1.29 is 17.6 Å². The molecule has 26 heavy (non-hydrogen) atoms. The van der Waals surface area contributed by atoms with E-state index in [1.54, 1.807) is 9.80 Å². The van der Waals surface area contributed by atoms with E-state index in [1.165, 1.54) is 0 Å². The molecule has 3 rings (SSSR count). The summed E-state index contributed by atoms with van der Waals surface area (Å²) in [6.45, 7) is 1.47. The lowest BCUT2D eigenvalue weighted by atomic mass is 10.2. The lowest BCUT2D eigenvalue weighted by Crippen LogP contribution is -2.32. The molecule has 0 amide bonds. The summed E-state index contributed by atoms with van der Waals surface area (Å²) in [6, 6.07) is 4.31. The molecule has 1 aliphatic heterocycles. The minimum atomic E-state index is -0.948. The molecule has 0 spiro atoms. The molecule has 2 aromatic rings. The molecule has 2 aromatic carbocycles. The van der Waals surface area contributed by atoms with Crippen molar-refractivity contribution in [2.45, 2.75) is 13.1 Å². The van der Waals surface area contributed by atoms with Gasteiger partial charge in [0.1, 0.15) is 0 Å². The van der Waals surface area contributed by atoms with Crippen LogP contribution in [0.3, 0.4) is 0 Å². The van der Waals surface area contributed by atoms with Gasteiger partial charge in [0.05, 0.1) is 0 Å². The Labute approximate surface area is 164 Å². The van der Waals surface area contributed by atoms with Crippen molar-refractivity contribution >= 4 is 37.8 Å². The Morgan fingerprint density at radius 2 is 1.08 bits per heavy atom. The highest BCUT2D eigenvalue weighted by Crippen LogP contribution is 2.26. The average Bonchev–Trinajstić information content (AvgIpc) is 2.91. The van der Waals surface area contributed by atoms with Crippen molar-refractivity contribution in [3.05, 3.63) is 67.6 Å². The molecule has 138 valence electrons. The Balaban J connectivity index is 1.73. The normalized spacial score (nSPS) is 14.5. The molecule has 1 saturated heterocycles. The third-order valence-corrected chi connectivity index (χ3v) is 5.62. The van der Waals surface area contributed by atoms with Crippen molar-refractivity contribution in [1.82, 2.24) is 9.80 Å². The van der Waals surface area contributed by atoms with Crippen molar-refractivity contribution in [3.8, 4) is 0 Å². The van der Waals surface area contributed by atoms with Gasteiger partial charge in [0.2, 0.25) is 0 Å². The number of benzene rings is 2. The van der Waals surface area contributed by atoms with Crippen molar-refractivity contribution in [2.24, 2.45) is 0 Å². The van der Waals surface area contributed by atoms with Crippen LogP contribution in [-0.4, -0.2) is 28.8 Å². The van der Waals surface area contributed by atoms with E-state index in [2.05, 4.69) is 31.9 Å². The van der Waals surface area contributed by atoms with E-state index < -0.39 is 23.3 Å². The number of guanidine groups is 1. The molecule has 0 atom stereocenters. The van der Waals surface area contributed by atoms with Gasteiger partial charge in [-0.25, -0.2) is 17.6 Å². The van der Waals surface area contributed by atoms with Crippen LogP contribution in [0.1, 0.15) is 11.1 Å². The first-order valence-electron chi connectivity index (χ1n) is 7.61. The van der Waals surface area contributed by atoms with Crippen LogP contribution in [0.4, 0.5) is 17.6 Å². The Kier molecular flexibility index (Phi) is 5.57. The number of rotatable bonds is 4. The summed E-state index contributed by atoms with van der Waals surface area (Å²) in [5, 5.41) is 8.28. The SMILES string of the molecule is N=C1N(Cc2cc(F)c(F)cc2Br)CCN1Cc1cc(F)c(F)cc1Br. The molecule has 1 N–H and O–H groups in total. The third kappa shape index (κ3) is 3.88. The van der Waals surface area contributed by atoms with Crippen LogP contribution < -0.4 is 0 Å². The molecule has 0 aliphatic carbocycles. The highest BCUT2D eigenvalue weighted by molar-refractivity contribution is 9.10. The fourth-order valence-electron chi connectivity index (χ4n) is 2.74. The zero-order chi connectivity index (χ0) is 19.0. The topological polar surface area (TPSA) is 30.3 Å². The van der Waals surface area contributed by atoms with Gasteiger partial charge < -0.3 is 9.80 Å². The van der Waals surface area contributed by atoms with Crippen LogP contribution in [0, 0.1) is 28.7 Å². The third-order valence-electron chi connectivity index (χ3n) is 4.14. The standard InChI is InChI=1S/C17H13Br2F4N3/c18-11-5-15(22)13(20)3-9(11)7-25-1-2-26(17(25)24)8-10-4-14(21)16(23)6-12(10)19/h3-6,24H,1-2,7-8H2. The van der Waals surface area contributed by atoms with Crippen LogP contribution in [0.25, 0.3) is 0 Å². The predicted molar refractivity (Wildman–Crippen MR) is 96.7 cm³/mol. The lowest BCUT2D eigenvalue weighted by molar-refractivity contribution is 0.444. The molecule has 3 nitrogen and oxygen atoms in total. The van der Waals surface area contributed by atoms with E-state index in [-0.39, 0.29) is 19.0 Å². The lowest BCUT2D eigenvalue weighted by Gasteiger charge is -2.23. The molecular formula is C17H13Br2F4N3. The van der Waals surface area contributed by atoms with Crippen LogP contribution in [0.5, 0.6) is 0 Å². The summed E-state index contributed by atoms with van der Waals surface area (Å²) in [4.78, 5) is 3.40. The van der Waals surface area contributed by atoms with Gasteiger partial charge in [0.25, 0.3) is 0 Å². The minimum Gasteiger partial charge on any atom is -0.337 e. The largest absolute Gasteiger partial charge is 0.337 e. The number of hydrogen-bond acceptors (Lipinski definition) is 1. The zero-order valence-corrected chi connectivity index (χ0v) is 16.5. The summed E-state index contributed by atoms with van der Waals surface area (Å²) in [5.74, 6) is -3.60. The van der Waals surface area contributed by atoms with Crippen LogP contribution >= 0.6 is 31.9 Å². The molecule has 0 radical (unpaired) electrons. The van der Waals surface area contributed by atoms with E-state index in [0.717, 1.165) is 24.3 Å². The Hall–Kier alpha value is -1.61. The smallest absolute Gasteiger partial charge is 0.194 e. The maximum Gasteiger partial charge on any atom is 0.194 e. The zero-order valence-electron chi connectivity index (χ0n) is 13.3. The Morgan fingerprint density at radius 3 is 1.46 bits per heavy atom. The number of nitrogens with zero attached hydrogens (tertiary/aromatic N) is 2. The molecule has 9 heteroatoms. The maximum atomic E-state index is 13.5. The van der Waals surface area contributed by atoms with Crippen LogP contribution in [-0.2, 0) is 13.1 Å². The van der Waals surface area contributed by atoms with Crippen LogP contribution in [0.2, 0.25) is 0 Å². The first kappa shape index (κ1) is 19.2. The highest BCUT2D eigenvalue weighted by atomic mass is 79.9. The summed E-state index contributed by atoms with van der Waals surface area (Å²) in [6.07, 6.45) is 0. The molecule has 0 saturated carbocycles. The predicted octanol–water partition coefficient (Wildman–Crippen LogP) is 5.02. The summed E-state index contributed by atoms with van der Waals surface area (Å²) in [7, 11) is 0. The molecule has 0 unspecified atom stereocenters. The first-order chi connectivity index (χ1) is 12.3. The second kappa shape index (κ2) is 7.56. The van der Waals surface area contributed by atoms with E-state index in [9.17, 15) is 17.6 Å². The van der Waals surface area contributed by atoms with Gasteiger partial charge >= 0.3 is 0 Å². The van der Waals surface area contributed by atoms with Gasteiger partial charge in [-0.15, -0.1) is 0 Å². The van der Waals surface area contributed by atoms with E-state index >= 15 is 0 Å². The Morgan fingerprint density at radius 1 is 0.731 bits per heavy atom. The van der Waals surface area contributed by atoms with Gasteiger partial charge in [-0.05, 0) is 35.4 Å². The highest BCUT2D eigenvalue weighted by Gasteiger charge is 2.26. The van der Waals surface area contributed by atoms with Gasteiger partial charge in [0.15, 0.2) is 29.2 Å². The molecule has 0 bridgehead atoms. The summed E-state index contributed by atoms with van der Waals surface area (Å²) in [5.41, 5.74) is 1.04. The van der Waals surface area contributed by atoms with Crippen LogP contribution in [0.15, 0.2) is 33.2 Å². The van der Waals surface area contributed by atoms with E-state index in [1.807, 2.05) is 0 Å². The van der Waals surface area contributed by atoms with Gasteiger partial charge in [-0.3, -0.25) is 5.41 Å². The van der Waals surface area contributed by atoms with Crippen molar-refractivity contribution in [3.63, 3.8) is 0 Å². The van der Waals surface area contributed by atoms with Crippen molar-refractivity contribution in [2.75, 3.05) is 13.1 Å². The summed E-state index contributed by atoms with van der Waals surface area (Å²) < 4.78 is 54.2. The molecule has 1 aliphatic rings. The summed E-state index contributed by atoms with van der Waals surface area (Å²) >= 11 is 6.40. The molecule has 1 heterocycles. The van der Waals surface area contributed by atoms with Gasteiger partial charge in [-0.2, -0.15) is 0 Å². The first-order valence-corrected chi connectivity index (χ1v) is 9.20. The van der Waals surface area contributed by atoms with Crippen molar-refractivity contribution in [1.29, 1.82) is 5.41 Å². The molecule has 0 aromatic heterocycles. The number of halogens is 6.